The molecule has 286 valence electrons. The number of nitrogens with zero attached hydrogens (tertiary/aromatic N) is 1. The quantitative estimate of drug-likeness (QED) is 0.166. The molecular formula is C55H38NO2PS. The Hall–Kier alpha value is -6.84. The first-order valence-electron chi connectivity index (χ1n) is 20.4. The van der Waals surface area contributed by atoms with Crippen LogP contribution < -0.4 is 25.6 Å². The Bertz CT molecular complexity index is 2990. The van der Waals surface area contributed by atoms with Gasteiger partial charge in [-0.05, 0) is 108 Å². The van der Waals surface area contributed by atoms with E-state index in [0.717, 1.165) is 65.4 Å². The van der Waals surface area contributed by atoms with Crippen LogP contribution in [0.2, 0.25) is 0 Å². The fraction of sp³-hybridized carbons (Fsp3) is 0.0182. The third-order valence-corrected chi connectivity index (χ3v) is 20.1. The molecule has 5 heteroatoms. The van der Waals surface area contributed by atoms with Gasteiger partial charge in [0.15, 0.2) is 7.14 Å². The molecule has 9 aromatic carbocycles. The van der Waals surface area contributed by atoms with Crippen LogP contribution in [0.15, 0.2) is 250 Å². The van der Waals surface area contributed by atoms with Crippen LogP contribution in [0.5, 0.6) is 11.5 Å². The summed E-state index contributed by atoms with van der Waals surface area (Å²) < 4.78 is 23.1. The smallest absolute Gasteiger partial charge is 0.173 e. The number of hydrogen-bond donors (Lipinski definition) is 0. The Labute approximate surface area is 351 Å². The van der Waals surface area contributed by atoms with Crippen molar-refractivity contribution in [2.24, 2.45) is 0 Å². The van der Waals surface area contributed by atoms with Crippen molar-refractivity contribution >= 4 is 50.1 Å². The second kappa shape index (κ2) is 13.3. The standard InChI is InChI=1S/C55H38NO2PS/c57-59(51-31-15-17-33-53(51)60(41-19-3-1-4-20-41,42-21-5-2-6-22-42)54-34-18-16-32-52(54)59)40-37-35-39(36-38-40)56-47-27-11-7-23-43(47)55(44-24-8-12-28-48(44)56)45-25-9-13-29-49(45)58-50-30-14-10-26-46(50)55/h1-38H. The van der Waals surface area contributed by atoms with Crippen LogP contribution >= 0.6 is 17.2 Å². The van der Waals surface area contributed by atoms with Gasteiger partial charge in [-0.25, -0.2) is 0 Å². The molecule has 60 heavy (non-hydrogen) atoms. The summed E-state index contributed by atoms with van der Waals surface area (Å²) in [6, 6.07) is 81.7. The van der Waals surface area contributed by atoms with Gasteiger partial charge in [0.05, 0.1) is 16.8 Å². The Morgan fingerprint density at radius 1 is 0.400 bits per heavy atom. The van der Waals surface area contributed by atoms with Crippen molar-refractivity contribution in [2.45, 2.75) is 25.0 Å². The monoisotopic (exact) mass is 807 g/mol. The highest BCUT2D eigenvalue weighted by Gasteiger charge is 2.52. The van der Waals surface area contributed by atoms with Crippen molar-refractivity contribution in [1.29, 1.82) is 0 Å². The molecule has 12 rings (SSSR count). The first kappa shape index (κ1) is 35.1. The summed E-state index contributed by atoms with van der Waals surface area (Å²) in [5, 5.41) is 2.64. The van der Waals surface area contributed by atoms with E-state index in [1.54, 1.807) is 0 Å². The maximum atomic E-state index is 16.5. The number of para-hydroxylation sites is 4. The highest BCUT2D eigenvalue weighted by atomic mass is 32.3. The molecule has 9 aromatic rings. The minimum Gasteiger partial charge on any atom is -0.457 e. The van der Waals surface area contributed by atoms with Crippen LogP contribution in [0.4, 0.5) is 17.1 Å². The Kier molecular flexibility index (Phi) is 7.81. The van der Waals surface area contributed by atoms with E-state index in [2.05, 4.69) is 223 Å². The number of rotatable bonds is 4. The molecule has 0 fully saturated rings. The van der Waals surface area contributed by atoms with E-state index in [9.17, 15) is 0 Å². The molecule has 0 amide bonds. The van der Waals surface area contributed by atoms with Crippen LogP contribution in [0, 0.1) is 0 Å². The van der Waals surface area contributed by atoms with Crippen LogP contribution in [-0.2, 0) is 9.98 Å². The van der Waals surface area contributed by atoms with Gasteiger partial charge >= 0.3 is 0 Å². The lowest BCUT2D eigenvalue weighted by atomic mass is 9.61. The lowest BCUT2D eigenvalue weighted by Gasteiger charge is -2.49. The molecule has 0 radical (unpaired) electrons. The summed E-state index contributed by atoms with van der Waals surface area (Å²) in [5.74, 6) is 1.73. The molecule has 0 aromatic heterocycles. The summed E-state index contributed by atoms with van der Waals surface area (Å²) in [5.41, 5.74) is 7.18. The van der Waals surface area contributed by atoms with E-state index >= 15 is 4.57 Å². The highest BCUT2D eigenvalue weighted by Crippen LogP contribution is 2.77. The molecule has 3 aliphatic rings. The number of ether oxygens (including phenoxy) is 1. The average Bonchev–Trinajstić information content (AvgIpc) is 3.32. The van der Waals surface area contributed by atoms with E-state index in [0.29, 0.717) is 0 Å². The number of hydrogen-bond acceptors (Lipinski definition) is 3. The van der Waals surface area contributed by atoms with Crippen molar-refractivity contribution in [1.82, 2.24) is 0 Å². The lowest BCUT2D eigenvalue weighted by Crippen LogP contribution is -2.39. The first-order chi connectivity index (χ1) is 29.7. The molecule has 0 N–H and O–H groups in total. The van der Waals surface area contributed by atoms with E-state index in [1.165, 1.54) is 20.9 Å². The van der Waals surface area contributed by atoms with Crippen LogP contribution in [0.1, 0.15) is 22.3 Å². The van der Waals surface area contributed by atoms with Gasteiger partial charge in [0.2, 0.25) is 0 Å². The van der Waals surface area contributed by atoms with Gasteiger partial charge in [0.1, 0.15) is 11.5 Å². The molecule has 3 aliphatic heterocycles. The van der Waals surface area contributed by atoms with Crippen molar-refractivity contribution in [3.63, 3.8) is 0 Å². The fourth-order valence-corrected chi connectivity index (χ4v) is 18.6. The maximum absolute atomic E-state index is 16.5. The zero-order valence-corrected chi connectivity index (χ0v) is 34.3. The van der Waals surface area contributed by atoms with E-state index in [1.807, 2.05) is 12.1 Å². The third-order valence-electron chi connectivity index (χ3n) is 12.6. The normalized spacial score (nSPS) is 16.1. The predicted molar refractivity (Wildman–Crippen MR) is 246 cm³/mol. The van der Waals surface area contributed by atoms with E-state index in [-0.39, 0.29) is 0 Å². The maximum Gasteiger partial charge on any atom is 0.173 e. The second-order valence-corrected chi connectivity index (χ2v) is 21.3. The van der Waals surface area contributed by atoms with Crippen LogP contribution in [-0.4, -0.2) is 0 Å². The van der Waals surface area contributed by atoms with Crippen LogP contribution in [0.25, 0.3) is 0 Å². The number of fused-ring (bicyclic) bond motifs is 10. The predicted octanol–water partition coefficient (Wildman–Crippen LogP) is 13.3. The van der Waals surface area contributed by atoms with Gasteiger partial charge in [-0.15, -0.1) is 10.0 Å². The summed E-state index contributed by atoms with van der Waals surface area (Å²) in [4.78, 5) is 7.10. The zero-order valence-electron chi connectivity index (χ0n) is 32.6. The molecule has 3 nitrogen and oxygen atoms in total. The van der Waals surface area contributed by atoms with Gasteiger partial charge in [0.25, 0.3) is 0 Å². The molecule has 0 bridgehead atoms. The number of benzene rings is 9. The fourth-order valence-electron chi connectivity index (χ4n) is 10.3. The first-order valence-corrected chi connectivity index (χ1v) is 23.7. The van der Waals surface area contributed by atoms with Crippen molar-refractivity contribution in [3.05, 3.63) is 253 Å². The molecule has 3 heterocycles. The topological polar surface area (TPSA) is 29.5 Å². The average molecular weight is 808 g/mol. The Morgan fingerprint density at radius 2 is 0.800 bits per heavy atom. The molecule has 0 saturated heterocycles. The van der Waals surface area contributed by atoms with Crippen molar-refractivity contribution in [3.8, 4) is 11.5 Å². The van der Waals surface area contributed by atoms with E-state index < -0.39 is 22.6 Å². The Balaban J connectivity index is 1.06. The lowest BCUT2D eigenvalue weighted by molar-refractivity contribution is 0.434. The SMILES string of the molecule is O=P1(c2ccc(N3c4ccccc4C4(c5ccccc5Oc5ccccc54)c4ccccc43)cc2)c2ccccc2S(c2ccccc2)(c2ccccc2)c2ccccc21. The van der Waals surface area contributed by atoms with Gasteiger partial charge in [-0.3, -0.25) is 0 Å². The molecule has 1 spiro atoms. The molecule has 0 unspecified atom stereocenters. The zero-order chi connectivity index (χ0) is 39.9. The molecular weight excluding hydrogens is 770 g/mol. The number of anilines is 3. The second-order valence-electron chi connectivity index (χ2n) is 15.5. The molecule has 0 aliphatic carbocycles. The van der Waals surface area contributed by atoms with E-state index in [4.69, 9.17) is 4.74 Å². The summed E-state index contributed by atoms with van der Waals surface area (Å²) >= 11 is 0. The minimum absolute atomic E-state index is 0.610. The summed E-state index contributed by atoms with van der Waals surface area (Å²) in [7, 11) is -5.36. The summed E-state index contributed by atoms with van der Waals surface area (Å²) in [6.07, 6.45) is 0. The van der Waals surface area contributed by atoms with Crippen molar-refractivity contribution in [2.75, 3.05) is 4.90 Å². The van der Waals surface area contributed by atoms with Gasteiger partial charge in [0, 0.05) is 52.3 Å². The van der Waals surface area contributed by atoms with Gasteiger partial charge in [-0.2, -0.15) is 0 Å². The Morgan fingerprint density at radius 3 is 1.30 bits per heavy atom. The van der Waals surface area contributed by atoms with Crippen molar-refractivity contribution < 1.29 is 9.30 Å². The highest BCUT2D eigenvalue weighted by molar-refractivity contribution is 8.34. The summed E-state index contributed by atoms with van der Waals surface area (Å²) in [6.45, 7) is 0. The third kappa shape index (κ3) is 4.61. The molecule has 0 saturated carbocycles. The molecule has 0 atom stereocenters. The largest absolute Gasteiger partial charge is 0.457 e. The van der Waals surface area contributed by atoms with Gasteiger partial charge in [-0.1, -0.05) is 133 Å². The van der Waals surface area contributed by atoms with Gasteiger partial charge < -0.3 is 14.2 Å². The van der Waals surface area contributed by atoms with Crippen LogP contribution in [0.3, 0.4) is 0 Å². The minimum atomic E-state index is -3.37.